The van der Waals surface area contributed by atoms with E-state index in [4.69, 9.17) is 21.1 Å². The summed E-state index contributed by atoms with van der Waals surface area (Å²) >= 11 is 6.34. The van der Waals surface area contributed by atoms with E-state index in [9.17, 15) is 18.0 Å². The van der Waals surface area contributed by atoms with Crippen molar-refractivity contribution in [2.45, 2.75) is 39.5 Å². The maximum atomic E-state index is 13.3. The van der Waals surface area contributed by atoms with Crippen molar-refractivity contribution in [3.63, 3.8) is 0 Å². The van der Waals surface area contributed by atoms with Crippen LogP contribution in [0.4, 0.5) is 0 Å². The Labute approximate surface area is 243 Å². The average molecular weight is 596 g/mol. The van der Waals surface area contributed by atoms with Gasteiger partial charge in [0.15, 0.2) is 4.90 Å². The number of aromatic nitrogens is 2. The Bertz CT molecular complexity index is 1760. The molecule has 9 nitrogen and oxygen atoms in total. The molecule has 0 spiro atoms. The van der Waals surface area contributed by atoms with Gasteiger partial charge in [-0.3, -0.25) is 9.59 Å². The number of halogens is 1. The van der Waals surface area contributed by atoms with Crippen LogP contribution in [0.1, 0.15) is 40.9 Å². The van der Waals surface area contributed by atoms with Crippen molar-refractivity contribution >= 4 is 27.5 Å². The molecule has 4 rings (SSSR count). The molecule has 0 unspecified atom stereocenters. The zero-order valence-corrected chi connectivity index (χ0v) is 24.8. The number of aryl methyl sites for hydroxylation is 3. The number of sulfonamides is 1. The first-order valence-corrected chi connectivity index (χ1v) is 14.7. The number of H-pyrrole nitrogens is 1. The Morgan fingerprint density at radius 1 is 1.05 bits per heavy atom. The van der Waals surface area contributed by atoms with E-state index >= 15 is 0 Å². The van der Waals surface area contributed by atoms with Crippen LogP contribution in [0.3, 0.4) is 0 Å². The highest BCUT2D eigenvalue weighted by molar-refractivity contribution is 7.90. The molecule has 0 radical (unpaired) electrons. The van der Waals surface area contributed by atoms with Crippen molar-refractivity contribution < 1.29 is 22.7 Å². The minimum atomic E-state index is -4.49. The number of pyridine rings is 2. The van der Waals surface area contributed by atoms with E-state index in [0.717, 1.165) is 22.8 Å². The fourth-order valence-electron chi connectivity index (χ4n) is 4.16. The van der Waals surface area contributed by atoms with Crippen LogP contribution in [0, 0.1) is 26.7 Å². The van der Waals surface area contributed by atoms with Gasteiger partial charge < -0.3 is 14.5 Å². The van der Waals surface area contributed by atoms with Crippen LogP contribution in [0.2, 0.25) is 5.02 Å². The van der Waals surface area contributed by atoms with E-state index in [1.54, 1.807) is 24.3 Å². The maximum absolute atomic E-state index is 13.3. The van der Waals surface area contributed by atoms with Gasteiger partial charge in [0, 0.05) is 11.8 Å². The van der Waals surface area contributed by atoms with Gasteiger partial charge in [-0.25, -0.2) is 18.1 Å². The average Bonchev–Trinajstić information content (AvgIpc) is 2.90. The molecule has 0 aliphatic rings. The Hall–Kier alpha value is -4.15. The van der Waals surface area contributed by atoms with E-state index in [1.165, 1.54) is 18.3 Å². The van der Waals surface area contributed by atoms with Crippen LogP contribution in [-0.2, 0) is 10.0 Å². The Kier molecular flexibility index (Phi) is 8.84. The van der Waals surface area contributed by atoms with Crippen molar-refractivity contribution in [1.29, 1.82) is 0 Å². The van der Waals surface area contributed by atoms with Crippen molar-refractivity contribution in [1.82, 2.24) is 14.7 Å². The number of rotatable bonds is 9. The minimum absolute atomic E-state index is 0.119. The van der Waals surface area contributed by atoms with Gasteiger partial charge in [0.1, 0.15) is 17.1 Å². The normalized spacial score (nSPS) is 11.4. The van der Waals surface area contributed by atoms with Crippen molar-refractivity contribution in [3.8, 4) is 28.6 Å². The van der Waals surface area contributed by atoms with Crippen molar-refractivity contribution in [2.24, 2.45) is 5.92 Å². The lowest BCUT2D eigenvalue weighted by Gasteiger charge is -2.16. The lowest BCUT2D eigenvalue weighted by Crippen LogP contribution is -2.34. The van der Waals surface area contributed by atoms with Crippen LogP contribution < -0.4 is 19.8 Å². The number of amides is 1. The Morgan fingerprint density at radius 2 is 1.76 bits per heavy atom. The third-order valence-electron chi connectivity index (χ3n) is 6.01. The molecule has 0 saturated carbocycles. The van der Waals surface area contributed by atoms with Gasteiger partial charge in [-0.15, -0.1) is 0 Å². The zero-order valence-electron chi connectivity index (χ0n) is 23.2. The number of ether oxygens (including phenoxy) is 2. The summed E-state index contributed by atoms with van der Waals surface area (Å²) in [5.74, 6) is 0.116. The number of nitrogens with one attached hydrogen (secondary N) is 2. The first-order valence-electron chi connectivity index (χ1n) is 12.8. The zero-order chi connectivity index (χ0) is 29.9. The molecule has 2 N–H and O–H groups in total. The summed E-state index contributed by atoms with van der Waals surface area (Å²) in [6.07, 6.45) is 1.29. The SMILES string of the molecule is Cc1cc(C)c(Oc2nc(-c3ccc(Cl)c(OCC(C)C)c3)ccc2C(=O)NS(=O)(=O)c2ccc[nH]c2=O)c(C)c1. The van der Waals surface area contributed by atoms with Crippen LogP contribution in [0.25, 0.3) is 11.3 Å². The van der Waals surface area contributed by atoms with Crippen LogP contribution in [0.15, 0.2) is 70.5 Å². The molecule has 0 fully saturated rings. The maximum Gasteiger partial charge on any atom is 0.270 e. The number of carbonyl (C=O) groups is 1. The van der Waals surface area contributed by atoms with Gasteiger partial charge in [-0.2, -0.15) is 0 Å². The third-order valence-corrected chi connectivity index (χ3v) is 7.67. The van der Waals surface area contributed by atoms with E-state index in [1.807, 2.05) is 51.5 Å². The molecule has 4 aromatic rings. The highest BCUT2D eigenvalue weighted by Crippen LogP contribution is 2.35. The highest BCUT2D eigenvalue weighted by Gasteiger charge is 2.25. The van der Waals surface area contributed by atoms with Gasteiger partial charge >= 0.3 is 0 Å². The summed E-state index contributed by atoms with van der Waals surface area (Å²) in [6.45, 7) is 10.2. The van der Waals surface area contributed by atoms with Gasteiger partial charge in [0.05, 0.1) is 17.3 Å². The third kappa shape index (κ3) is 6.96. The van der Waals surface area contributed by atoms with Gasteiger partial charge in [-0.1, -0.05) is 49.2 Å². The molecule has 11 heteroatoms. The summed E-state index contributed by atoms with van der Waals surface area (Å²) in [6, 6.07) is 14.5. The first kappa shape index (κ1) is 29.8. The quantitative estimate of drug-likeness (QED) is 0.244. The molecule has 2 heterocycles. The fraction of sp³-hybridized carbons (Fsp3) is 0.233. The predicted octanol–water partition coefficient (Wildman–Crippen LogP) is 5.96. The summed E-state index contributed by atoms with van der Waals surface area (Å²) < 4.78 is 39.8. The van der Waals surface area contributed by atoms with E-state index < -0.39 is 26.4 Å². The number of aromatic amines is 1. The summed E-state index contributed by atoms with van der Waals surface area (Å²) in [4.78, 5) is 31.7. The second-order valence-corrected chi connectivity index (χ2v) is 12.1. The molecule has 0 bridgehead atoms. The van der Waals surface area contributed by atoms with Crippen LogP contribution in [-0.4, -0.2) is 30.9 Å². The number of nitrogens with zero attached hydrogens (tertiary/aromatic N) is 1. The monoisotopic (exact) mass is 595 g/mol. The molecule has 0 saturated heterocycles. The van der Waals surface area contributed by atoms with Gasteiger partial charge in [-0.05, 0) is 74.2 Å². The van der Waals surface area contributed by atoms with E-state index in [-0.39, 0.29) is 17.4 Å². The molecule has 2 aromatic heterocycles. The second kappa shape index (κ2) is 12.2. The summed E-state index contributed by atoms with van der Waals surface area (Å²) in [5, 5.41) is 0.439. The lowest BCUT2D eigenvalue weighted by atomic mass is 10.1. The fourth-order valence-corrected chi connectivity index (χ4v) is 5.35. The highest BCUT2D eigenvalue weighted by atomic mass is 35.5. The van der Waals surface area contributed by atoms with E-state index in [2.05, 4.69) is 9.97 Å². The molecule has 0 aliphatic heterocycles. The molecule has 0 aliphatic carbocycles. The standard InChI is InChI=1S/C30H30ClN3O6S/c1-17(2)16-39-25-15-21(8-10-23(25)31)24-11-9-22(28(35)34-41(37,38)26-7-6-12-32-29(26)36)30(33-24)40-27-19(4)13-18(3)14-20(27)5/h6-15,17H,16H2,1-5H3,(H,32,36)(H,34,35). The van der Waals surface area contributed by atoms with Crippen molar-refractivity contribution in [2.75, 3.05) is 6.61 Å². The van der Waals surface area contributed by atoms with E-state index in [0.29, 0.717) is 34.4 Å². The summed E-state index contributed by atoms with van der Waals surface area (Å²) in [7, 11) is -4.49. The molecule has 1 amide bonds. The molecular formula is C30H30ClN3O6S. The lowest BCUT2D eigenvalue weighted by molar-refractivity contribution is 0.0978. The van der Waals surface area contributed by atoms with Crippen LogP contribution >= 0.6 is 11.6 Å². The van der Waals surface area contributed by atoms with Gasteiger partial charge in [0.25, 0.3) is 21.5 Å². The smallest absolute Gasteiger partial charge is 0.270 e. The minimum Gasteiger partial charge on any atom is -0.492 e. The number of carbonyl (C=O) groups excluding carboxylic acids is 1. The molecular weight excluding hydrogens is 566 g/mol. The predicted molar refractivity (Wildman–Crippen MR) is 157 cm³/mol. The first-order chi connectivity index (χ1) is 19.4. The van der Waals surface area contributed by atoms with Gasteiger partial charge in [0.2, 0.25) is 5.88 Å². The Morgan fingerprint density at radius 3 is 2.41 bits per heavy atom. The number of hydrogen-bond acceptors (Lipinski definition) is 7. The largest absolute Gasteiger partial charge is 0.492 e. The number of benzene rings is 2. The Balaban J connectivity index is 1.79. The molecule has 0 atom stereocenters. The molecule has 2 aromatic carbocycles. The number of hydrogen-bond donors (Lipinski definition) is 2. The van der Waals surface area contributed by atoms with Crippen molar-refractivity contribution in [3.05, 3.63) is 98.4 Å². The summed E-state index contributed by atoms with van der Waals surface area (Å²) in [5.41, 5.74) is 2.72. The van der Waals surface area contributed by atoms with Crippen LogP contribution in [0.5, 0.6) is 17.4 Å². The second-order valence-electron chi connectivity index (χ2n) is 10.0. The molecule has 214 valence electrons. The topological polar surface area (TPSA) is 127 Å². The molecule has 41 heavy (non-hydrogen) atoms.